The average molecular weight is 441 g/mol. The molecule has 0 aliphatic carbocycles. The molecule has 0 saturated heterocycles. The lowest BCUT2D eigenvalue weighted by molar-refractivity contribution is 0.431. The highest BCUT2D eigenvalue weighted by molar-refractivity contribution is 5.79. The second-order valence-corrected chi connectivity index (χ2v) is 7.34. The van der Waals surface area contributed by atoms with Gasteiger partial charge in [-0.1, -0.05) is 35.2 Å². The number of rotatable bonds is 6. The number of benzene rings is 1. The summed E-state index contributed by atoms with van der Waals surface area (Å²) >= 11 is 0. The quantitative estimate of drug-likeness (QED) is 0.424. The van der Waals surface area contributed by atoms with Crippen LogP contribution in [0.2, 0.25) is 0 Å². The van der Waals surface area contributed by atoms with Crippen LogP contribution in [0.25, 0.3) is 39.9 Å². The Balaban J connectivity index is 1.63. The van der Waals surface area contributed by atoms with Crippen LogP contribution in [0, 0.1) is 0 Å². The lowest BCUT2D eigenvalue weighted by Gasteiger charge is -2.08. The standard InChI is InChI=1S/C24H20FN7O/c1-3-5-18(25)20(4-2)32-22(16-8-11-26-12-9-16)21(29-31-32)24-28-23(30-33-24)17-7-6-15-10-13-27-19(15)14-17/h3-9,11-12,14,27H,2,10,13H2,1H3/b5-3-,20-18-. The van der Waals surface area contributed by atoms with Crippen molar-refractivity contribution in [3.63, 3.8) is 0 Å². The zero-order valence-corrected chi connectivity index (χ0v) is 17.9. The number of fused-ring (bicyclic) bond motifs is 1. The number of aromatic nitrogens is 6. The summed E-state index contributed by atoms with van der Waals surface area (Å²) in [6.07, 6.45) is 8.57. The molecule has 0 unspecified atom stereocenters. The minimum Gasteiger partial charge on any atom is -0.384 e. The third kappa shape index (κ3) is 3.73. The SMILES string of the molecule is C=C/C(=C(F)\C=C/C)n1nnc(-c2nc(-c3ccc4c(c3)NCC4)no2)c1-c1ccncc1. The fraction of sp³-hybridized carbons (Fsp3) is 0.125. The van der Waals surface area contributed by atoms with Gasteiger partial charge in [0, 0.05) is 35.8 Å². The van der Waals surface area contributed by atoms with Crippen LogP contribution in [0.4, 0.5) is 10.1 Å². The molecule has 0 fully saturated rings. The number of pyridine rings is 1. The summed E-state index contributed by atoms with van der Waals surface area (Å²) in [7, 11) is 0. The fourth-order valence-corrected chi connectivity index (χ4v) is 3.75. The molecule has 3 aromatic heterocycles. The molecule has 0 bridgehead atoms. The first-order chi connectivity index (χ1) is 16.2. The molecule has 1 aromatic carbocycles. The van der Waals surface area contributed by atoms with Crippen molar-refractivity contribution in [1.29, 1.82) is 0 Å². The summed E-state index contributed by atoms with van der Waals surface area (Å²) in [5.41, 5.74) is 4.81. The van der Waals surface area contributed by atoms with E-state index in [0.717, 1.165) is 24.2 Å². The van der Waals surface area contributed by atoms with Gasteiger partial charge in [-0.05, 0) is 49.3 Å². The minimum absolute atomic E-state index is 0.142. The molecular formula is C24H20FN7O. The molecule has 1 aliphatic heterocycles. The summed E-state index contributed by atoms with van der Waals surface area (Å²) in [6, 6.07) is 9.58. The van der Waals surface area contributed by atoms with Crippen molar-refractivity contribution in [3.05, 3.63) is 78.9 Å². The normalized spacial score (nSPS) is 13.6. The Bertz CT molecular complexity index is 1390. The number of anilines is 1. The van der Waals surface area contributed by atoms with Crippen LogP contribution in [0.3, 0.4) is 0 Å². The van der Waals surface area contributed by atoms with Crippen molar-refractivity contribution in [2.75, 3.05) is 11.9 Å². The number of nitrogens with zero attached hydrogens (tertiary/aromatic N) is 6. The molecular weight excluding hydrogens is 421 g/mol. The maximum Gasteiger partial charge on any atom is 0.281 e. The van der Waals surface area contributed by atoms with Crippen molar-refractivity contribution in [2.24, 2.45) is 0 Å². The molecule has 8 nitrogen and oxygen atoms in total. The summed E-state index contributed by atoms with van der Waals surface area (Å²) in [4.78, 5) is 8.62. The Labute approximate surface area is 189 Å². The van der Waals surface area contributed by atoms with Gasteiger partial charge in [-0.25, -0.2) is 9.07 Å². The Morgan fingerprint density at radius 2 is 2.06 bits per heavy atom. The van der Waals surface area contributed by atoms with E-state index in [1.54, 1.807) is 37.5 Å². The molecule has 4 heterocycles. The number of allylic oxidation sites excluding steroid dienone is 5. The second kappa shape index (κ2) is 8.62. The van der Waals surface area contributed by atoms with Gasteiger partial charge in [0.2, 0.25) is 5.82 Å². The van der Waals surface area contributed by atoms with E-state index in [1.807, 2.05) is 12.1 Å². The lowest BCUT2D eigenvalue weighted by atomic mass is 10.1. The van der Waals surface area contributed by atoms with E-state index in [4.69, 9.17) is 4.52 Å². The smallest absolute Gasteiger partial charge is 0.281 e. The first-order valence-electron chi connectivity index (χ1n) is 10.4. The van der Waals surface area contributed by atoms with E-state index in [0.29, 0.717) is 22.8 Å². The summed E-state index contributed by atoms with van der Waals surface area (Å²) < 4.78 is 21.7. The third-order valence-corrected chi connectivity index (χ3v) is 5.31. The van der Waals surface area contributed by atoms with Crippen molar-refractivity contribution in [3.8, 4) is 34.2 Å². The molecule has 0 amide bonds. The number of hydrogen-bond donors (Lipinski definition) is 1. The van der Waals surface area contributed by atoms with Gasteiger partial charge in [0.05, 0.1) is 0 Å². The highest BCUT2D eigenvalue weighted by Crippen LogP contribution is 2.34. The van der Waals surface area contributed by atoms with E-state index < -0.39 is 5.83 Å². The molecule has 1 N–H and O–H groups in total. The molecule has 0 radical (unpaired) electrons. The van der Waals surface area contributed by atoms with E-state index >= 15 is 0 Å². The van der Waals surface area contributed by atoms with Gasteiger partial charge in [-0.3, -0.25) is 4.98 Å². The molecule has 1 aliphatic rings. The van der Waals surface area contributed by atoms with Gasteiger partial charge in [-0.15, -0.1) is 5.10 Å². The Kier molecular flexibility index (Phi) is 5.35. The molecule has 164 valence electrons. The monoisotopic (exact) mass is 441 g/mol. The van der Waals surface area contributed by atoms with Gasteiger partial charge in [0.1, 0.15) is 17.2 Å². The van der Waals surface area contributed by atoms with E-state index in [-0.39, 0.29) is 11.6 Å². The zero-order valence-electron chi connectivity index (χ0n) is 17.9. The third-order valence-electron chi connectivity index (χ3n) is 5.31. The topological polar surface area (TPSA) is 94.6 Å². The average Bonchev–Trinajstić information content (AvgIpc) is 3.59. The molecule has 0 spiro atoms. The van der Waals surface area contributed by atoms with Crippen molar-refractivity contribution >= 4 is 11.4 Å². The summed E-state index contributed by atoms with van der Waals surface area (Å²) in [5, 5.41) is 15.9. The van der Waals surface area contributed by atoms with E-state index in [9.17, 15) is 4.39 Å². The van der Waals surface area contributed by atoms with Gasteiger partial charge in [-0.2, -0.15) is 4.98 Å². The van der Waals surface area contributed by atoms with Crippen molar-refractivity contribution in [1.82, 2.24) is 30.1 Å². The van der Waals surface area contributed by atoms with Crippen molar-refractivity contribution < 1.29 is 8.91 Å². The van der Waals surface area contributed by atoms with Crippen LogP contribution in [0.5, 0.6) is 0 Å². The predicted molar refractivity (Wildman–Crippen MR) is 124 cm³/mol. The van der Waals surface area contributed by atoms with Crippen LogP contribution in [0.15, 0.2) is 77.9 Å². The van der Waals surface area contributed by atoms with Crippen LogP contribution in [-0.4, -0.2) is 36.7 Å². The molecule has 33 heavy (non-hydrogen) atoms. The van der Waals surface area contributed by atoms with Gasteiger partial charge in [0.15, 0.2) is 5.69 Å². The van der Waals surface area contributed by atoms with Crippen LogP contribution >= 0.6 is 0 Å². The van der Waals surface area contributed by atoms with Crippen LogP contribution in [0.1, 0.15) is 12.5 Å². The summed E-state index contributed by atoms with van der Waals surface area (Å²) in [5.74, 6) is 0.0961. The Morgan fingerprint density at radius 3 is 2.85 bits per heavy atom. The maximum absolute atomic E-state index is 14.8. The molecule has 9 heteroatoms. The Hall–Kier alpha value is -4.40. The van der Waals surface area contributed by atoms with Gasteiger partial charge < -0.3 is 9.84 Å². The molecule has 0 atom stereocenters. The largest absolute Gasteiger partial charge is 0.384 e. The number of nitrogens with one attached hydrogen (secondary N) is 1. The zero-order chi connectivity index (χ0) is 22.8. The van der Waals surface area contributed by atoms with Crippen LogP contribution in [-0.2, 0) is 6.42 Å². The highest BCUT2D eigenvalue weighted by atomic mass is 19.1. The molecule has 5 rings (SSSR count). The fourth-order valence-electron chi connectivity index (χ4n) is 3.75. The second-order valence-electron chi connectivity index (χ2n) is 7.34. The predicted octanol–water partition coefficient (Wildman–Crippen LogP) is 4.93. The van der Waals surface area contributed by atoms with Gasteiger partial charge in [0.25, 0.3) is 5.89 Å². The molecule has 0 saturated carbocycles. The van der Waals surface area contributed by atoms with E-state index in [1.165, 1.54) is 22.4 Å². The first kappa shape index (κ1) is 20.5. The highest BCUT2D eigenvalue weighted by Gasteiger charge is 2.24. The number of halogens is 1. The summed E-state index contributed by atoms with van der Waals surface area (Å²) in [6.45, 7) is 6.38. The maximum atomic E-state index is 14.8. The number of hydrogen-bond acceptors (Lipinski definition) is 7. The van der Waals surface area contributed by atoms with Gasteiger partial charge >= 0.3 is 0 Å². The first-order valence-corrected chi connectivity index (χ1v) is 10.4. The van der Waals surface area contributed by atoms with Crippen molar-refractivity contribution in [2.45, 2.75) is 13.3 Å². The molecule has 4 aromatic rings. The van der Waals surface area contributed by atoms with Crippen LogP contribution < -0.4 is 5.32 Å². The Morgan fingerprint density at radius 1 is 1.21 bits per heavy atom. The lowest BCUT2D eigenvalue weighted by Crippen LogP contribution is -2.02. The minimum atomic E-state index is -0.504. The van der Waals surface area contributed by atoms with E-state index in [2.05, 4.69) is 43.4 Å².